The van der Waals surface area contributed by atoms with Crippen molar-refractivity contribution in [2.24, 2.45) is 5.73 Å². The van der Waals surface area contributed by atoms with Gasteiger partial charge in [0.1, 0.15) is 0 Å². The highest BCUT2D eigenvalue weighted by Gasteiger charge is 2.23. The molecule has 0 amide bonds. The standard InChI is InChI=1S/C10H23N3/c1-3-10(2,9-11)12-13-7-5-4-6-8-13/h12H,3-9,11H2,1-2H3. The van der Waals surface area contributed by atoms with E-state index in [1.165, 1.54) is 32.4 Å². The zero-order valence-corrected chi connectivity index (χ0v) is 8.97. The molecule has 1 saturated heterocycles. The second-order valence-corrected chi connectivity index (χ2v) is 4.28. The molecule has 1 aliphatic rings. The first-order chi connectivity index (χ1) is 6.20. The Morgan fingerprint density at radius 1 is 1.31 bits per heavy atom. The largest absolute Gasteiger partial charge is 0.329 e. The number of hydrogen-bond acceptors (Lipinski definition) is 3. The van der Waals surface area contributed by atoms with Crippen molar-refractivity contribution in [2.45, 2.75) is 45.1 Å². The minimum absolute atomic E-state index is 0.0946. The van der Waals surface area contributed by atoms with Crippen LogP contribution in [-0.4, -0.2) is 30.2 Å². The van der Waals surface area contributed by atoms with E-state index in [-0.39, 0.29) is 5.54 Å². The topological polar surface area (TPSA) is 41.3 Å². The predicted octanol–water partition coefficient (Wildman–Crippen LogP) is 1.10. The van der Waals surface area contributed by atoms with Crippen LogP contribution in [0.1, 0.15) is 39.5 Å². The number of nitrogens with two attached hydrogens (primary N) is 1. The van der Waals surface area contributed by atoms with E-state index in [1.54, 1.807) is 0 Å². The van der Waals surface area contributed by atoms with Gasteiger partial charge in [0.25, 0.3) is 0 Å². The molecule has 78 valence electrons. The summed E-state index contributed by atoms with van der Waals surface area (Å²) in [4.78, 5) is 0. The zero-order valence-electron chi connectivity index (χ0n) is 8.97. The number of rotatable bonds is 4. The SMILES string of the molecule is CCC(C)(CN)NN1CCCCC1. The first kappa shape index (κ1) is 11.0. The molecular weight excluding hydrogens is 162 g/mol. The molecule has 0 aromatic rings. The van der Waals surface area contributed by atoms with Crippen molar-refractivity contribution in [3.05, 3.63) is 0 Å². The van der Waals surface area contributed by atoms with E-state index in [1.807, 2.05) is 0 Å². The summed E-state index contributed by atoms with van der Waals surface area (Å²) in [5.74, 6) is 0. The van der Waals surface area contributed by atoms with E-state index in [0.29, 0.717) is 6.54 Å². The van der Waals surface area contributed by atoms with Gasteiger partial charge in [-0.05, 0) is 26.2 Å². The average molecular weight is 185 g/mol. The van der Waals surface area contributed by atoms with Crippen LogP contribution in [0.2, 0.25) is 0 Å². The van der Waals surface area contributed by atoms with E-state index in [4.69, 9.17) is 5.73 Å². The molecule has 0 aromatic carbocycles. The van der Waals surface area contributed by atoms with E-state index in [0.717, 1.165) is 6.42 Å². The van der Waals surface area contributed by atoms with E-state index < -0.39 is 0 Å². The second kappa shape index (κ2) is 4.94. The number of nitrogens with one attached hydrogen (secondary N) is 1. The monoisotopic (exact) mass is 185 g/mol. The molecule has 0 aromatic heterocycles. The molecule has 1 heterocycles. The maximum absolute atomic E-state index is 5.75. The van der Waals surface area contributed by atoms with E-state index in [2.05, 4.69) is 24.3 Å². The summed E-state index contributed by atoms with van der Waals surface area (Å²) in [6.45, 7) is 7.44. The Hall–Kier alpha value is -0.120. The minimum Gasteiger partial charge on any atom is -0.329 e. The van der Waals surface area contributed by atoms with Gasteiger partial charge in [-0.2, -0.15) is 0 Å². The lowest BCUT2D eigenvalue weighted by Crippen LogP contribution is -2.57. The van der Waals surface area contributed by atoms with Crippen LogP contribution in [0.3, 0.4) is 0 Å². The fourth-order valence-corrected chi connectivity index (χ4v) is 1.66. The molecule has 1 atom stereocenters. The number of piperidine rings is 1. The minimum atomic E-state index is 0.0946. The molecule has 1 unspecified atom stereocenters. The van der Waals surface area contributed by atoms with Crippen LogP contribution in [-0.2, 0) is 0 Å². The number of hydrazine groups is 1. The molecule has 3 N–H and O–H groups in total. The van der Waals surface area contributed by atoms with Crippen molar-refractivity contribution in [3.63, 3.8) is 0 Å². The molecule has 0 aliphatic carbocycles. The Morgan fingerprint density at radius 2 is 1.92 bits per heavy atom. The second-order valence-electron chi connectivity index (χ2n) is 4.28. The third kappa shape index (κ3) is 3.25. The normalized spacial score (nSPS) is 24.2. The Balaban J connectivity index is 2.35. The van der Waals surface area contributed by atoms with Gasteiger partial charge in [-0.3, -0.25) is 0 Å². The Bertz CT molecular complexity index is 137. The van der Waals surface area contributed by atoms with Gasteiger partial charge in [-0.25, -0.2) is 10.4 Å². The first-order valence-corrected chi connectivity index (χ1v) is 5.43. The van der Waals surface area contributed by atoms with Crippen molar-refractivity contribution in [2.75, 3.05) is 19.6 Å². The van der Waals surface area contributed by atoms with Crippen LogP contribution in [0.25, 0.3) is 0 Å². The highest BCUT2D eigenvalue weighted by atomic mass is 15.5. The summed E-state index contributed by atoms with van der Waals surface area (Å²) in [5.41, 5.74) is 9.38. The maximum Gasteiger partial charge on any atom is 0.0417 e. The van der Waals surface area contributed by atoms with Gasteiger partial charge >= 0.3 is 0 Å². The first-order valence-electron chi connectivity index (χ1n) is 5.43. The quantitative estimate of drug-likeness (QED) is 0.689. The van der Waals surface area contributed by atoms with Crippen molar-refractivity contribution in [1.29, 1.82) is 0 Å². The van der Waals surface area contributed by atoms with Crippen LogP contribution < -0.4 is 11.2 Å². The Kier molecular flexibility index (Phi) is 4.16. The van der Waals surface area contributed by atoms with Gasteiger partial charge in [-0.1, -0.05) is 13.3 Å². The Morgan fingerprint density at radius 3 is 2.38 bits per heavy atom. The Labute approximate surface area is 81.6 Å². The summed E-state index contributed by atoms with van der Waals surface area (Å²) in [6.07, 6.45) is 5.10. The summed E-state index contributed by atoms with van der Waals surface area (Å²) < 4.78 is 0. The van der Waals surface area contributed by atoms with Crippen LogP contribution in [0.5, 0.6) is 0 Å². The molecule has 13 heavy (non-hydrogen) atoms. The maximum atomic E-state index is 5.75. The highest BCUT2D eigenvalue weighted by Crippen LogP contribution is 2.12. The lowest BCUT2D eigenvalue weighted by molar-refractivity contribution is 0.0891. The smallest absolute Gasteiger partial charge is 0.0417 e. The molecule has 3 heteroatoms. The van der Waals surface area contributed by atoms with Crippen molar-refractivity contribution >= 4 is 0 Å². The molecule has 1 fully saturated rings. The molecular formula is C10H23N3. The third-order valence-electron chi connectivity index (χ3n) is 3.01. The molecule has 1 rings (SSSR count). The average Bonchev–Trinajstić information content (AvgIpc) is 2.19. The van der Waals surface area contributed by atoms with Crippen LogP contribution in [0, 0.1) is 0 Å². The van der Waals surface area contributed by atoms with Gasteiger partial charge in [-0.15, -0.1) is 0 Å². The van der Waals surface area contributed by atoms with Gasteiger partial charge in [0.05, 0.1) is 0 Å². The molecule has 1 aliphatic heterocycles. The lowest BCUT2D eigenvalue weighted by Gasteiger charge is -2.37. The molecule has 0 spiro atoms. The molecule has 0 saturated carbocycles. The van der Waals surface area contributed by atoms with Crippen molar-refractivity contribution < 1.29 is 0 Å². The van der Waals surface area contributed by atoms with Gasteiger partial charge < -0.3 is 5.73 Å². The molecule has 0 radical (unpaired) electrons. The van der Waals surface area contributed by atoms with Crippen molar-refractivity contribution in [1.82, 2.24) is 10.4 Å². The zero-order chi connectivity index (χ0) is 9.73. The van der Waals surface area contributed by atoms with Crippen molar-refractivity contribution in [3.8, 4) is 0 Å². The number of nitrogens with zero attached hydrogens (tertiary/aromatic N) is 1. The van der Waals surface area contributed by atoms with Crippen LogP contribution in [0.15, 0.2) is 0 Å². The van der Waals surface area contributed by atoms with E-state index in [9.17, 15) is 0 Å². The molecule has 3 nitrogen and oxygen atoms in total. The van der Waals surface area contributed by atoms with Crippen LogP contribution in [0.4, 0.5) is 0 Å². The number of hydrogen-bond donors (Lipinski definition) is 2. The highest BCUT2D eigenvalue weighted by molar-refractivity contribution is 4.81. The fourth-order valence-electron chi connectivity index (χ4n) is 1.66. The van der Waals surface area contributed by atoms with Gasteiger partial charge in [0.15, 0.2) is 0 Å². The predicted molar refractivity (Wildman–Crippen MR) is 56.3 cm³/mol. The third-order valence-corrected chi connectivity index (χ3v) is 3.01. The van der Waals surface area contributed by atoms with Gasteiger partial charge in [0.2, 0.25) is 0 Å². The van der Waals surface area contributed by atoms with Crippen LogP contribution >= 0.6 is 0 Å². The lowest BCUT2D eigenvalue weighted by atomic mass is 10.0. The molecule has 0 bridgehead atoms. The summed E-state index contributed by atoms with van der Waals surface area (Å²) in [7, 11) is 0. The summed E-state index contributed by atoms with van der Waals surface area (Å²) in [6, 6.07) is 0. The van der Waals surface area contributed by atoms with E-state index >= 15 is 0 Å². The fraction of sp³-hybridized carbons (Fsp3) is 1.00. The summed E-state index contributed by atoms with van der Waals surface area (Å²) >= 11 is 0. The van der Waals surface area contributed by atoms with Gasteiger partial charge in [0, 0.05) is 25.2 Å². The summed E-state index contributed by atoms with van der Waals surface area (Å²) in [5, 5.41) is 2.33.